The lowest BCUT2D eigenvalue weighted by Crippen LogP contribution is -2.30. The molecule has 6 nitrogen and oxygen atoms in total. The first-order valence-corrected chi connectivity index (χ1v) is 22.2. The van der Waals surface area contributed by atoms with Gasteiger partial charge in [-0.15, -0.1) is 0 Å². The van der Waals surface area contributed by atoms with Gasteiger partial charge in [0, 0.05) is 19.3 Å². The molecule has 0 spiro atoms. The summed E-state index contributed by atoms with van der Waals surface area (Å²) in [5.74, 6) is -1.08. The van der Waals surface area contributed by atoms with Crippen LogP contribution < -0.4 is 0 Å². The first-order chi connectivity index (χ1) is 27.0. The van der Waals surface area contributed by atoms with Crippen molar-refractivity contribution in [3.8, 4) is 0 Å². The van der Waals surface area contributed by atoms with E-state index in [2.05, 4.69) is 45.1 Å². The highest BCUT2D eigenvalue weighted by Gasteiger charge is 2.19. The third-order valence-corrected chi connectivity index (χ3v) is 9.03. The van der Waals surface area contributed by atoms with Crippen LogP contribution in [-0.4, -0.2) is 37.2 Å². The summed E-state index contributed by atoms with van der Waals surface area (Å²) in [6.45, 7) is 6.33. The molecule has 0 aromatic heterocycles. The fourth-order valence-corrected chi connectivity index (χ4v) is 5.70. The molecule has 1 atom stereocenters. The average Bonchev–Trinajstić information content (AvgIpc) is 3.18. The minimum atomic E-state index is -0.831. The second kappa shape index (κ2) is 43.3. The van der Waals surface area contributed by atoms with E-state index in [4.69, 9.17) is 14.2 Å². The fraction of sp³-hybridized carbons (Fsp3) is 0.653. The molecule has 0 saturated carbocycles. The van der Waals surface area contributed by atoms with Gasteiger partial charge < -0.3 is 14.2 Å². The van der Waals surface area contributed by atoms with Gasteiger partial charge in [-0.2, -0.15) is 0 Å². The van der Waals surface area contributed by atoms with E-state index in [0.29, 0.717) is 19.3 Å². The molecule has 0 aromatic carbocycles. The van der Waals surface area contributed by atoms with Gasteiger partial charge in [-0.05, 0) is 51.4 Å². The van der Waals surface area contributed by atoms with Crippen molar-refractivity contribution in [3.63, 3.8) is 0 Å². The lowest BCUT2D eigenvalue weighted by atomic mass is 10.1. The molecule has 0 aromatic rings. The Morgan fingerprint density at radius 2 is 0.836 bits per heavy atom. The van der Waals surface area contributed by atoms with Crippen molar-refractivity contribution >= 4 is 17.9 Å². The average molecular weight is 765 g/mol. The van der Waals surface area contributed by atoms with Crippen LogP contribution in [0.15, 0.2) is 85.1 Å². The molecule has 0 radical (unpaired) electrons. The third-order valence-electron chi connectivity index (χ3n) is 9.03. The molecule has 0 N–H and O–H groups in total. The van der Waals surface area contributed by atoms with Crippen molar-refractivity contribution in [2.75, 3.05) is 13.2 Å². The van der Waals surface area contributed by atoms with Crippen molar-refractivity contribution in [1.29, 1.82) is 0 Å². The predicted molar refractivity (Wildman–Crippen MR) is 233 cm³/mol. The molecule has 0 amide bonds. The van der Waals surface area contributed by atoms with E-state index in [1.54, 1.807) is 0 Å². The first-order valence-electron chi connectivity index (χ1n) is 22.2. The monoisotopic (exact) mass is 765 g/mol. The van der Waals surface area contributed by atoms with Crippen molar-refractivity contribution in [3.05, 3.63) is 85.1 Å². The van der Waals surface area contributed by atoms with Crippen molar-refractivity contribution in [2.45, 2.75) is 194 Å². The number of carbonyl (C=O) groups is 3. The molecule has 0 saturated heterocycles. The van der Waals surface area contributed by atoms with E-state index in [1.807, 2.05) is 60.8 Å². The Hall–Kier alpha value is -3.41. The number of unbranched alkanes of at least 4 members (excludes halogenated alkanes) is 17. The highest BCUT2D eigenvalue weighted by Crippen LogP contribution is 2.13. The highest BCUT2D eigenvalue weighted by molar-refractivity contribution is 5.71. The number of hydrogen-bond acceptors (Lipinski definition) is 6. The van der Waals surface area contributed by atoms with Crippen molar-refractivity contribution < 1.29 is 28.6 Å². The van der Waals surface area contributed by atoms with Crippen LogP contribution in [0.2, 0.25) is 0 Å². The summed E-state index contributed by atoms with van der Waals surface area (Å²) < 4.78 is 16.5. The van der Waals surface area contributed by atoms with E-state index >= 15 is 0 Å². The van der Waals surface area contributed by atoms with Crippen molar-refractivity contribution in [2.24, 2.45) is 0 Å². The van der Waals surface area contributed by atoms with Crippen LogP contribution in [0, 0.1) is 0 Å². The maximum atomic E-state index is 12.7. The minimum Gasteiger partial charge on any atom is -0.462 e. The number of rotatable bonds is 38. The van der Waals surface area contributed by atoms with E-state index < -0.39 is 12.1 Å². The van der Waals surface area contributed by atoms with Gasteiger partial charge >= 0.3 is 17.9 Å². The molecular weight excluding hydrogens is 685 g/mol. The van der Waals surface area contributed by atoms with Gasteiger partial charge in [-0.25, -0.2) is 0 Å². The summed E-state index contributed by atoms with van der Waals surface area (Å²) in [7, 11) is 0. The van der Waals surface area contributed by atoms with Gasteiger partial charge in [0.25, 0.3) is 0 Å². The molecule has 0 bridgehead atoms. The lowest BCUT2D eigenvalue weighted by Gasteiger charge is -2.18. The maximum Gasteiger partial charge on any atom is 0.306 e. The molecule has 0 rings (SSSR count). The summed E-state index contributed by atoms with van der Waals surface area (Å²) >= 11 is 0. The van der Waals surface area contributed by atoms with Crippen LogP contribution in [0.1, 0.15) is 188 Å². The molecule has 0 heterocycles. The van der Waals surface area contributed by atoms with Gasteiger partial charge in [-0.3, -0.25) is 14.4 Å². The van der Waals surface area contributed by atoms with E-state index in [0.717, 1.165) is 44.9 Å². The second-order valence-electron chi connectivity index (χ2n) is 14.3. The van der Waals surface area contributed by atoms with Crippen LogP contribution in [0.5, 0.6) is 0 Å². The van der Waals surface area contributed by atoms with E-state index in [-0.39, 0.29) is 38.0 Å². The Kier molecular flexibility index (Phi) is 40.6. The Bertz CT molecular complexity index is 1110. The van der Waals surface area contributed by atoms with E-state index in [9.17, 15) is 14.4 Å². The summed E-state index contributed by atoms with van der Waals surface area (Å²) in [5, 5.41) is 0. The number of allylic oxidation sites excluding steroid dienone is 14. The SMILES string of the molecule is CC\C=C/C=C\C=C/C=C\C=C/CCCC(=O)OCC(COC(=O)CCCCCCCCCCCCC)OC(=O)CC/C=C\C/C=C\CCCCCCCC. The lowest BCUT2D eigenvalue weighted by molar-refractivity contribution is -0.166. The summed E-state index contributed by atoms with van der Waals surface area (Å²) in [4.78, 5) is 37.6. The standard InChI is InChI=1S/C49H80O6/c1-4-7-10-13-16-19-22-24-27-30-33-36-39-42-48(51)54-45-46(44-53-47(50)41-38-35-32-29-26-21-18-15-12-9-6-3)55-49(52)43-40-37-34-31-28-25-23-20-17-14-11-8-5-2/h7,10,13,16,19,22,24-25,27-28,30,33-34,37,46H,4-6,8-9,11-12,14-15,17-18,20-21,23,26,29,31-32,35-36,38-45H2,1-3H3/b10-7-,16-13-,22-19-,27-24-,28-25-,33-30-,37-34-. The zero-order chi connectivity index (χ0) is 40.1. The fourth-order valence-electron chi connectivity index (χ4n) is 5.70. The molecule has 1 unspecified atom stereocenters. The van der Waals surface area contributed by atoms with Crippen LogP contribution in [0.3, 0.4) is 0 Å². The topological polar surface area (TPSA) is 78.9 Å². The molecule has 55 heavy (non-hydrogen) atoms. The Morgan fingerprint density at radius 3 is 1.38 bits per heavy atom. The van der Waals surface area contributed by atoms with Gasteiger partial charge in [0.05, 0.1) is 0 Å². The zero-order valence-corrected chi connectivity index (χ0v) is 35.4. The molecule has 0 fully saturated rings. The Morgan fingerprint density at radius 1 is 0.400 bits per heavy atom. The summed E-state index contributed by atoms with van der Waals surface area (Å²) in [6.07, 6.45) is 54.4. The Labute approximate surface area is 337 Å². The molecule has 312 valence electrons. The van der Waals surface area contributed by atoms with Crippen LogP contribution in [0.25, 0.3) is 0 Å². The highest BCUT2D eigenvalue weighted by atomic mass is 16.6. The van der Waals surface area contributed by atoms with Gasteiger partial charge in [0.1, 0.15) is 13.2 Å². The molecule has 0 aliphatic carbocycles. The zero-order valence-electron chi connectivity index (χ0n) is 35.4. The van der Waals surface area contributed by atoms with Gasteiger partial charge in [0.2, 0.25) is 0 Å². The predicted octanol–water partition coefficient (Wildman–Crippen LogP) is 14.1. The molecular formula is C49H80O6. The van der Waals surface area contributed by atoms with Crippen molar-refractivity contribution in [1.82, 2.24) is 0 Å². The second-order valence-corrected chi connectivity index (χ2v) is 14.3. The molecule has 0 aliphatic heterocycles. The quantitative estimate of drug-likeness (QED) is 0.0205. The minimum absolute atomic E-state index is 0.121. The maximum absolute atomic E-state index is 12.7. The number of hydrogen-bond donors (Lipinski definition) is 0. The van der Waals surface area contributed by atoms with Crippen LogP contribution in [-0.2, 0) is 28.6 Å². The smallest absolute Gasteiger partial charge is 0.306 e. The summed E-state index contributed by atoms with van der Waals surface area (Å²) in [5.41, 5.74) is 0. The van der Waals surface area contributed by atoms with Crippen LogP contribution in [0.4, 0.5) is 0 Å². The summed E-state index contributed by atoms with van der Waals surface area (Å²) in [6, 6.07) is 0. The molecule has 6 heteroatoms. The largest absolute Gasteiger partial charge is 0.462 e. The van der Waals surface area contributed by atoms with Gasteiger partial charge in [-0.1, -0.05) is 202 Å². The number of ether oxygens (including phenoxy) is 3. The van der Waals surface area contributed by atoms with Crippen LogP contribution >= 0.6 is 0 Å². The van der Waals surface area contributed by atoms with Gasteiger partial charge in [0.15, 0.2) is 6.10 Å². The Balaban J connectivity index is 4.59. The molecule has 0 aliphatic rings. The number of carbonyl (C=O) groups excluding carboxylic acids is 3. The number of esters is 3. The first kappa shape index (κ1) is 51.6. The normalized spacial score (nSPS) is 12.9. The van der Waals surface area contributed by atoms with E-state index in [1.165, 1.54) is 89.9 Å². The third kappa shape index (κ3) is 41.6.